The summed E-state index contributed by atoms with van der Waals surface area (Å²) < 4.78 is 19.7. The van der Waals surface area contributed by atoms with E-state index in [9.17, 15) is 3.32 Å². The molecule has 2 aromatic rings. The van der Waals surface area contributed by atoms with Gasteiger partial charge in [0.25, 0.3) is 0 Å². The minimum atomic E-state index is -6.57. The standard InChI is InChI=1S/C13H9.C3H7O2.CH3.2ClH.O.H3Si.Ti/c1-3-7-12-10(5-1)9-11-6-2-4-8-13(11)12;4-2-1-3-5;;;;;;/h1-9H;4H,1-3H2;1H3;2*1H;;1H3;/q;-1;;;;;;+3/p-2. The van der Waals surface area contributed by atoms with Crippen molar-refractivity contribution in [2.75, 3.05) is 13.2 Å². The van der Waals surface area contributed by atoms with Gasteiger partial charge in [-0.15, -0.1) is 0 Å². The van der Waals surface area contributed by atoms with Crippen molar-refractivity contribution in [2.45, 2.75) is 15.9 Å². The summed E-state index contributed by atoms with van der Waals surface area (Å²) in [6.45, 7) is -0.00995. The average molecular weight is 421 g/mol. The summed E-state index contributed by atoms with van der Waals surface area (Å²) in [5, 5.41) is 10.5. The molecule has 2 aromatic carbocycles. The van der Waals surface area contributed by atoms with Crippen molar-refractivity contribution < 1.29 is 22.0 Å². The first-order chi connectivity index (χ1) is 10.9. The number of aliphatic hydroxyl groups excluding tert-OH is 1. The third kappa shape index (κ3) is 3.10. The third-order valence-electron chi connectivity index (χ3n) is 4.81. The third-order valence-corrected chi connectivity index (χ3v) is 17.3. The number of aliphatic hydroxyl groups is 1. The summed E-state index contributed by atoms with van der Waals surface area (Å²) in [6.07, 6.45) is 0.334. The van der Waals surface area contributed by atoms with Gasteiger partial charge in [-0.25, -0.2) is 0 Å². The second kappa shape index (κ2) is 4.69. The van der Waals surface area contributed by atoms with Gasteiger partial charge in [0.1, 0.15) is 0 Å². The molecule has 1 N–H and O–H groups in total. The summed E-state index contributed by atoms with van der Waals surface area (Å²) in [5.41, 5.74) is 3.67. The Hall–Kier alpha value is -0.329. The zero-order valence-corrected chi connectivity index (χ0v) is 18.9. The van der Waals surface area contributed by atoms with E-state index < -0.39 is 14.5 Å². The van der Waals surface area contributed by atoms with Crippen LogP contribution in [0.4, 0.5) is 0 Å². The van der Waals surface area contributed by atoms with Gasteiger partial charge in [-0.1, -0.05) is 0 Å². The van der Waals surface area contributed by atoms with Gasteiger partial charge >= 0.3 is 149 Å². The van der Waals surface area contributed by atoms with Gasteiger partial charge < -0.3 is 0 Å². The van der Waals surface area contributed by atoms with E-state index in [4.69, 9.17) is 27.0 Å². The number of hydrogen-bond donors (Lipinski definition) is 1. The molecule has 3 nitrogen and oxygen atoms in total. The van der Waals surface area contributed by atoms with Gasteiger partial charge in [0.15, 0.2) is 0 Å². The Kier molecular flexibility index (Phi) is 3.60. The number of benzene rings is 2. The van der Waals surface area contributed by atoms with E-state index in [-0.39, 0.29) is 21.3 Å². The quantitative estimate of drug-likeness (QED) is 0.590. The summed E-state index contributed by atoms with van der Waals surface area (Å²) in [5.74, 6) is 0. The number of hydrogen-bond acceptors (Lipinski definition) is 3. The first kappa shape index (κ1) is 18.5. The summed E-state index contributed by atoms with van der Waals surface area (Å²) >= 11 is 0. The van der Waals surface area contributed by atoms with Crippen LogP contribution in [0.3, 0.4) is 0 Å². The molecular weight excluding hydrogens is 399 g/mol. The molecule has 0 amide bonds. The molecule has 7 heteroatoms. The van der Waals surface area contributed by atoms with E-state index in [0.717, 1.165) is 22.3 Å². The van der Waals surface area contributed by atoms with Crippen molar-refractivity contribution in [3.8, 4) is 11.1 Å². The van der Waals surface area contributed by atoms with Gasteiger partial charge in [0.2, 0.25) is 0 Å². The van der Waals surface area contributed by atoms with E-state index in [2.05, 4.69) is 0 Å². The van der Waals surface area contributed by atoms with Crippen molar-refractivity contribution in [3.05, 3.63) is 59.7 Å². The predicted octanol–water partition coefficient (Wildman–Crippen LogP) is 3.81. The fourth-order valence-electron chi connectivity index (χ4n) is 3.87. The van der Waals surface area contributed by atoms with Crippen LogP contribution in [0.1, 0.15) is 21.8 Å². The molecule has 0 aromatic heterocycles. The number of fused-ring (bicyclic) bond motifs is 3. The van der Waals surface area contributed by atoms with E-state index in [1.165, 1.54) is 5.23 Å². The normalized spacial score (nSPS) is 18.9. The summed E-state index contributed by atoms with van der Waals surface area (Å²) in [6, 6.07) is 15.5. The molecule has 0 spiro atoms. The molecule has 24 heavy (non-hydrogen) atoms. The van der Waals surface area contributed by atoms with Gasteiger partial charge in [0.05, 0.1) is 0 Å². The SMILES string of the molecule is [CH3][Ti](=[O])([SiH3])([Cl])([Cl])([O]CCCO)[CH]1c2ccccc2-c2ccccc21. The van der Waals surface area contributed by atoms with Gasteiger partial charge in [-0.05, 0) is 0 Å². The minimum absolute atomic E-state index is 0.0281. The predicted molar refractivity (Wildman–Crippen MR) is 99.6 cm³/mol. The zero-order valence-electron chi connectivity index (χ0n) is 13.8. The average Bonchev–Trinajstić information content (AvgIpc) is 2.82. The first-order valence-electron chi connectivity index (χ1n) is 8.16. The molecule has 0 bridgehead atoms. The van der Waals surface area contributed by atoms with E-state index in [1.807, 2.05) is 48.5 Å². The second-order valence-corrected chi connectivity index (χ2v) is 52.7. The molecule has 0 aliphatic heterocycles. The van der Waals surface area contributed by atoms with Crippen LogP contribution in [0.15, 0.2) is 48.5 Å². The molecule has 0 saturated heterocycles. The van der Waals surface area contributed by atoms with Crippen LogP contribution in [0.25, 0.3) is 11.1 Å². The molecule has 1 aliphatic carbocycles. The summed E-state index contributed by atoms with van der Waals surface area (Å²) in [7, 11) is 7.29. The Morgan fingerprint density at radius 1 is 1.08 bits per heavy atom. The van der Waals surface area contributed by atoms with Gasteiger partial charge in [-0.3, -0.25) is 0 Å². The maximum absolute atomic E-state index is 14.5. The summed E-state index contributed by atoms with van der Waals surface area (Å²) in [4.78, 5) is 0. The van der Waals surface area contributed by atoms with Crippen LogP contribution in [0.2, 0.25) is 5.23 Å². The van der Waals surface area contributed by atoms with Gasteiger partial charge in [0, 0.05) is 0 Å². The molecule has 0 atom stereocenters. The van der Waals surface area contributed by atoms with Crippen LogP contribution in [-0.2, 0) is 16.9 Å². The first-order valence-corrected chi connectivity index (χ1v) is 21.9. The monoisotopic (exact) mass is 420 g/mol. The Balaban J connectivity index is 2.30. The van der Waals surface area contributed by atoms with Crippen molar-refractivity contribution in [1.82, 2.24) is 0 Å². The van der Waals surface area contributed by atoms with Crippen molar-refractivity contribution in [2.24, 2.45) is 0 Å². The molecule has 0 heterocycles. The Labute approximate surface area is 148 Å². The van der Waals surface area contributed by atoms with Crippen LogP contribution >= 0.6 is 18.6 Å². The second-order valence-electron chi connectivity index (χ2n) is 8.10. The molecule has 1 aliphatic rings. The van der Waals surface area contributed by atoms with Crippen LogP contribution in [0, 0.1) is 0 Å². The molecular formula is C17H22Cl2O3SiTi. The van der Waals surface area contributed by atoms with E-state index in [1.54, 1.807) is 0 Å². The fraction of sp³-hybridized carbons (Fsp3) is 0.294. The Bertz CT molecular complexity index is 885. The van der Waals surface area contributed by atoms with Crippen molar-refractivity contribution in [1.29, 1.82) is 0 Å². The van der Waals surface area contributed by atoms with E-state index >= 15 is 0 Å². The fourth-order valence-corrected chi connectivity index (χ4v) is 15.8. The van der Waals surface area contributed by atoms with Crippen LogP contribution < -0.4 is 0 Å². The molecule has 0 saturated carbocycles. The zero-order chi connectivity index (χ0) is 17.7. The maximum atomic E-state index is 14.5. The molecule has 3 rings (SSSR count). The topological polar surface area (TPSA) is 46.5 Å². The Morgan fingerprint density at radius 2 is 1.54 bits per heavy atom. The van der Waals surface area contributed by atoms with Crippen LogP contribution in [-0.4, -0.2) is 26.4 Å². The molecule has 0 fully saturated rings. The Morgan fingerprint density at radius 3 is 2.00 bits per heavy atom. The number of rotatable bonds is 5. The van der Waals surface area contributed by atoms with Crippen molar-refractivity contribution >= 4 is 26.7 Å². The van der Waals surface area contributed by atoms with Gasteiger partial charge in [-0.2, -0.15) is 0 Å². The van der Waals surface area contributed by atoms with E-state index in [0.29, 0.717) is 6.42 Å². The van der Waals surface area contributed by atoms with Crippen molar-refractivity contribution in [3.63, 3.8) is 0 Å². The molecule has 130 valence electrons. The molecule has 0 unspecified atom stereocenters. The molecule has 0 radical (unpaired) electrons. The number of halogens is 2. The van der Waals surface area contributed by atoms with Crippen LogP contribution in [0.5, 0.6) is 0 Å².